The van der Waals surface area contributed by atoms with Gasteiger partial charge in [0.15, 0.2) is 5.82 Å². The molecule has 0 aliphatic rings. The number of nitriles is 1. The number of hydrogen-bond acceptors (Lipinski definition) is 6. The molecule has 0 atom stereocenters. The van der Waals surface area contributed by atoms with E-state index < -0.39 is 10.0 Å². The maximum atomic E-state index is 12.0. The van der Waals surface area contributed by atoms with E-state index in [9.17, 15) is 8.42 Å². The summed E-state index contributed by atoms with van der Waals surface area (Å²) in [5.74, 6) is 0.216. The van der Waals surface area contributed by atoms with E-state index >= 15 is 0 Å². The molecule has 2 aromatic rings. The second-order valence-corrected chi connectivity index (χ2v) is 5.00. The summed E-state index contributed by atoms with van der Waals surface area (Å²) in [6, 6.07) is 7.76. The number of aromatic amines is 1. The molecule has 2 rings (SSSR count). The average Bonchev–Trinajstić information content (AvgIpc) is 2.89. The van der Waals surface area contributed by atoms with Gasteiger partial charge < -0.3 is 0 Å². The second-order valence-electron chi connectivity index (χ2n) is 3.26. The smallest absolute Gasteiger partial charge is 0.207 e. The molecule has 0 fully saturated rings. The fourth-order valence-electron chi connectivity index (χ4n) is 1.29. The Morgan fingerprint density at radius 3 is 2.83 bits per heavy atom. The van der Waals surface area contributed by atoms with Crippen LogP contribution in [-0.2, 0) is 16.6 Å². The van der Waals surface area contributed by atoms with E-state index in [1.807, 2.05) is 6.07 Å². The fraction of sp³-hybridized carbons (Fsp3) is 0.111. The van der Waals surface area contributed by atoms with Crippen LogP contribution in [0.5, 0.6) is 0 Å². The Kier molecular flexibility index (Phi) is 3.31. The first-order valence-electron chi connectivity index (χ1n) is 4.84. The highest BCUT2D eigenvalue weighted by Crippen LogP contribution is 2.14. The minimum atomic E-state index is -3.77. The van der Waals surface area contributed by atoms with Crippen LogP contribution in [0, 0.1) is 11.3 Å². The molecule has 9 heteroatoms. The number of H-pyrrole nitrogens is 1. The van der Waals surface area contributed by atoms with Crippen LogP contribution in [0.15, 0.2) is 29.2 Å². The molecule has 0 aliphatic heterocycles. The lowest BCUT2D eigenvalue weighted by molar-refractivity contribution is 0.579. The summed E-state index contributed by atoms with van der Waals surface area (Å²) in [5.41, 5.74) is 0.0816. The van der Waals surface area contributed by atoms with E-state index in [1.54, 1.807) is 12.1 Å². The maximum Gasteiger partial charge on any atom is 0.242 e. The summed E-state index contributed by atoms with van der Waals surface area (Å²) in [7, 11) is -3.77. The van der Waals surface area contributed by atoms with Gasteiger partial charge in [0.2, 0.25) is 10.0 Å². The van der Waals surface area contributed by atoms with Crippen molar-refractivity contribution in [2.45, 2.75) is 11.4 Å². The Morgan fingerprint density at radius 1 is 1.39 bits per heavy atom. The third-order valence-corrected chi connectivity index (χ3v) is 3.57. The van der Waals surface area contributed by atoms with E-state index in [2.05, 4.69) is 25.3 Å². The highest BCUT2D eigenvalue weighted by Gasteiger charge is 2.18. The highest BCUT2D eigenvalue weighted by molar-refractivity contribution is 7.89. The van der Waals surface area contributed by atoms with Crippen LogP contribution >= 0.6 is 0 Å². The average molecular weight is 264 g/mol. The minimum absolute atomic E-state index is 0.0732. The van der Waals surface area contributed by atoms with Crippen LogP contribution in [0.1, 0.15) is 11.4 Å². The number of benzene rings is 1. The molecule has 0 saturated heterocycles. The zero-order valence-electron chi connectivity index (χ0n) is 9.03. The van der Waals surface area contributed by atoms with Crippen molar-refractivity contribution in [3.8, 4) is 6.07 Å². The van der Waals surface area contributed by atoms with E-state index in [1.165, 1.54) is 12.1 Å². The van der Waals surface area contributed by atoms with Gasteiger partial charge in [0.1, 0.15) is 6.07 Å². The van der Waals surface area contributed by atoms with E-state index in [-0.39, 0.29) is 22.8 Å². The molecule has 0 aliphatic carbocycles. The molecule has 1 aromatic heterocycles. The Hall–Kier alpha value is -2.31. The SMILES string of the molecule is N#Cc1ccccc1S(=O)(=O)NCc1nn[nH]n1. The lowest BCUT2D eigenvalue weighted by atomic mass is 10.2. The van der Waals surface area contributed by atoms with Gasteiger partial charge in [-0.3, -0.25) is 0 Å². The molecule has 0 bridgehead atoms. The predicted octanol–water partition coefficient (Wildman–Crippen LogP) is -0.450. The summed E-state index contributed by atoms with van der Waals surface area (Å²) >= 11 is 0. The van der Waals surface area contributed by atoms with Crippen molar-refractivity contribution in [1.29, 1.82) is 5.26 Å². The Morgan fingerprint density at radius 2 is 2.17 bits per heavy atom. The largest absolute Gasteiger partial charge is 0.242 e. The van der Waals surface area contributed by atoms with Crippen molar-refractivity contribution in [2.24, 2.45) is 0 Å². The van der Waals surface area contributed by atoms with Crippen molar-refractivity contribution in [3.05, 3.63) is 35.7 Å². The first kappa shape index (κ1) is 12.2. The quantitative estimate of drug-likeness (QED) is 0.770. The second kappa shape index (κ2) is 4.91. The number of tetrazole rings is 1. The van der Waals surface area contributed by atoms with Crippen molar-refractivity contribution in [2.75, 3.05) is 0 Å². The Labute approximate surface area is 103 Å². The van der Waals surface area contributed by atoms with Crippen LogP contribution in [-0.4, -0.2) is 29.0 Å². The molecular weight excluding hydrogens is 256 g/mol. The summed E-state index contributed by atoms with van der Waals surface area (Å²) < 4.78 is 26.2. The van der Waals surface area contributed by atoms with Crippen molar-refractivity contribution in [3.63, 3.8) is 0 Å². The van der Waals surface area contributed by atoms with E-state index in [0.717, 1.165) is 0 Å². The normalized spacial score (nSPS) is 11.1. The minimum Gasteiger partial charge on any atom is -0.207 e. The predicted molar refractivity (Wildman–Crippen MR) is 59.4 cm³/mol. The van der Waals surface area contributed by atoms with Crippen LogP contribution in [0.25, 0.3) is 0 Å². The van der Waals surface area contributed by atoms with Crippen molar-refractivity contribution >= 4 is 10.0 Å². The van der Waals surface area contributed by atoms with Crippen molar-refractivity contribution in [1.82, 2.24) is 25.3 Å². The van der Waals surface area contributed by atoms with Gasteiger partial charge in [-0.15, -0.1) is 10.2 Å². The van der Waals surface area contributed by atoms with Crippen molar-refractivity contribution < 1.29 is 8.42 Å². The summed E-state index contributed by atoms with van der Waals surface area (Å²) in [6.07, 6.45) is 0. The highest BCUT2D eigenvalue weighted by atomic mass is 32.2. The topological polar surface area (TPSA) is 124 Å². The van der Waals surface area contributed by atoms with Crippen LogP contribution in [0.2, 0.25) is 0 Å². The van der Waals surface area contributed by atoms with Gasteiger partial charge >= 0.3 is 0 Å². The van der Waals surface area contributed by atoms with Gasteiger partial charge in [0, 0.05) is 0 Å². The lowest BCUT2D eigenvalue weighted by Crippen LogP contribution is -2.24. The number of nitrogens with zero attached hydrogens (tertiary/aromatic N) is 4. The Balaban J connectivity index is 2.23. The molecule has 1 heterocycles. The molecule has 92 valence electrons. The number of sulfonamides is 1. The maximum absolute atomic E-state index is 12.0. The third kappa shape index (κ3) is 2.50. The van der Waals surface area contributed by atoms with Gasteiger partial charge in [-0.05, 0) is 12.1 Å². The zero-order valence-corrected chi connectivity index (χ0v) is 9.85. The van der Waals surface area contributed by atoms with E-state index in [0.29, 0.717) is 0 Å². The van der Waals surface area contributed by atoms with Crippen LogP contribution in [0.3, 0.4) is 0 Å². The molecule has 0 saturated carbocycles. The molecule has 8 nitrogen and oxygen atoms in total. The standard InChI is InChI=1S/C9H8N6O2S/c10-5-7-3-1-2-4-8(7)18(16,17)11-6-9-12-14-15-13-9/h1-4,11H,6H2,(H,12,13,14,15). The molecule has 2 N–H and O–H groups in total. The summed E-state index contributed by atoms with van der Waals surface area (Å²) in [5, 5.41) is 21.6. The van der Waals surface area contributed by atoms with E-state index in [4.69, 9.17) is 5.26 Å². The molecule has 0 spiro atoms. The fourth-order valence-corrected chi connectivity index (χ4v) is 2.42. The van der Waals surface area contributed by atoms with Crippen LogP contribution < -0.4 is 4.72 Å². The first-order valence-corrected chi connectivity index (χ1v) is 6.33. The molecule has 0 radical (unpaired) electrons. The van der Waals surface area contributed by atoms with Gasteiger partial charge in [-0.1, -0.05) is 17.3 Å². The lowest BCUT2D eigenvalue weighted by Gasteiger charge is -2.05. The molecule has 18 heavy (non-hydrogen) atoms. The zero-order chi connectivity index (χ0) is 13.0. The van der Waals surface area contributed by atoms with Gasteiger partial charge in [-0.25, -0.2) is 13.1 Å². The molecule has 0 unspecified atom stereocenters. The van der Waals surface area contributed by atoms with Gasteiger partial charge in [0.25, 0.3) is 0 Å². The number of nitrogens with one attached hydrogen (secondary N) is 2. The Bertz CT molecular complexity index is 673. The third-order valence-electron chi connectivity index (χ3n) is 2.11. The summed E-state index contributed by atoms with van der Waals surface area (Å²) in [4.78, 5) is -0.0732. The van der Waals surface area contributed by atoms with Crippen LogP contribution in [0.4, 0.5) is 0 Å². The monoisotopic (exact) mass is 264 g/mol. The van der Waals surface area contributed by atoms with Gasteiger partial charge in [-0.2, -0.15) is 10.5 Å². The first-order chi connectivity index (χ1) is 8.63. The summed E-state index contributed by atoms with van der Waals surface area (Å²) in [6.45, 7) is -0.0986. The number of rotatable bonds is 4. The van der Waals surface area contributed by atoms with Gasteiger partial charge in [0.05, 0.1) is 17.0 Å². The number of hydrogen-bond donors (Lipinski definition) is 2. The molecule has 0 amide bonds. The number of aromatic nitrogens is 4. The molecular formula is C9H8N6O2S. The molecule has 1 aromatic carbocycles.